The van der Waals surface area contributed by atoms with Crippen LogP contribution in [0.5, 0.6) is 0 Å². The average molecular weight is 236 g/mol. The van der Waals surface area contributed by atoms with Crippen molar-refractivity contribution >= 4 is 5.97 Å². The van der Waals surface area contributed by atoms with E-state index in [1.807, 2.05) is 0 Å². The second kappa shape index (κ2) is 5.00. The van der Waals surface area contributed by atoms with E-state index in [0.717, 1.165) is 6.20 Å². The summed E-state index contributed by atoms with van der Waals surface area (Å²) in [6, 6.07) is 0. The number of nitrogens with zero attached hydrogens (tertiary/aromatic N) is 1. The molecule has 4 nitrogen and oxygen atoms in total. The maximum absolute atomic E-state index is 12.4. The molecule has 0 unspecified atom stereocenters. The maximum atomic E-state index is 12.4. The van der Waals surface area contributed by atoms with Crippen LogP contribution in [0.3, 0.4) is 0 Å². The number of nitrogens with one attached hydrogen (secondary N) is 1. The van der Waals surface area contributed by atoms with Crippen molar-refractivity contribution in [1.82, 2.24) is 10.2 Å². The normalized spacial score (nSPS) is 11.5. The lowest BCUT2D eigenvalue weighted by atomic mass is 10.1. The third-order valence-corrected chi connectivity index (χ3v) is 1.89. The Morgan fingerprint density at radius 1 is 1.56 bits per heavy atom. The number of H-pyrrole nitrogens is 1. The second-order valence-corrected chi connectivity index (χ2v) is 3.06. The smallest absolute Gasteiger partial charge is 0.435 e. The number of carbonyl (C=O) groups excluding carboxylic acids is 1. The van der Waals surface area contributed by atoms with Crippen LogP contribution in [-0.2, 0) is 22.1 Å². The number of aromatic nitrogens is 2. The Kier molecular flexibility index (Phi) is 3.92. The quantitative estimate of drug-likeness (QED) is 0.812. The molecule has 0 atom stereocenters. The number of hydrogen-bond acceptors (Lipinski definition) is 3. The number of alkyl halides is 3. The molecule has 0 amide bonds. The summed E-state index contributed by atoms with van der Waals surface area (Å²) in [6.07, 6.45) is -3.48. The molecule has 0 aliphatic rings. The molecule has 1 rings (SSSR count). The number of ether oxygens (including phenoxy) is 1. The molecule has 0 fully saturated rings. The Hall–Kier alpha value is -1.53. The van der Waals surface area contributed by atoms with Crippen LogP contribution in [0.1, 0.15) is 24.6 Å². The van der Waals surface area contributed by atoms with Crippen LogP contribution in [0.4, 0.5) is 13.2 Å². The van der Waals surface area contributed by atoms with Gasteiger partial charge in [0.1, 0.15) is 0 Å². The van der Waals surface area contributed by atoms with Crippen molar-refractivity contribution in [2.24, 2.45) is 0 Å². The first kappa shape index (κ1) is 12.5. The molecule has 0 aliphatic heterocycles. The molecule has 0 spiro atoms. The van der Waals surface area contributed by atoms with E-state index < -0.39 is 17.8 Å². The third kappa shape index (κ3) is 3.25. The zero-order chi connectivity index (χ0) is 12.2. The van der Waals surface area contributed by atoms with Gasteiger partial charge in [-0.1, -0.05) is 0 Å². The van der Waals surface area contributed by atoms with Crippen LogP contribution in [0, 0.1) is 0 Å². The number of hydrogen-bond donors (Lipinski definition) is 1. The number of aryl methyl sites for hydroxylation is 1. The van der Waals surface area contributed by atoms with Crippen LogP contribution in [0.15, 0.2) is 6.20 Å². The first-order chi connectivity index (χ1) is 7.45. The molecule has 0 aromatic carbocycles. The number of aromatic amines is 1. The number of esters is 1. The summed E-state index contributed by atoms with van der Waals surface area (Å²) in [4.78, 5) is 11.0. The zero-order valence-corrected chi connectivity index (χ0v) is 8.60. The van der Waals surface area contributed by atoms with E-state index in [1.54, 1.807) is 6.92 Å². The molecule has 0 saturated heterocycles. The highest BCUT2D eigenvalue weighted by molar-refractivity contribution is 5.69. The fourth-order valence-corrected chi connectivity index (χ4v) is 1.22. The van der Waals surface area contributed by atoms with Crippen molar-refractivity contribution < 1.29 is 22.7 Å². The number of rotatable bonds is 4. The lowest BCUT2D eigenvalue weighted by Gasteiger charge is -2.05. The van der Waals surface area contributed by atoms with Crippen LogP contribution in [0.2, 0.25) is 0 Å². The maximum Gasteiger partial charge on any atom is 0.435 e. The summed E-state index contributed by atoms with van der Waals surface area (Å²) in [5.41, 5.74) is -1.00. The van der Waals surface area contributed by atoms with Crippen molar-refractivity contribution in [2.45, 2.75) is 25.9 Å². The lowest BCUT2D eigenvalue weighted by molar-refractivity contribution is -0.144. The van der Waals surface area contributed by atoms with Gasteiger partial charge in [-0.05, 0) is 13.3 Å². The monoisotopic (exact) mass is 236 g/mol. The van der Waals surface area contributed by atoms with Gasteiger partial charge in [-0.2, -0.15) is 18.3 Å². The third-order valence-electron chi connectivity index (χ3n) is 1.89. The van der Waals surface area contributed by atoms with Gasteiger partial charge in [0.15, 0.2) is 5.69 Å². The van der Waals surface area contributed by atoms with Crippen molar-refractivity contribution in [2.75, 3.05) is 6.61 Å². The van der Waals surface area contributed by atoms with Crippen LogP contribution < -0.4 is 0 Å². The molecule has 16 heavy (non-hydrogen) atoms. The van der Waals surface area contributed by atoms with E-state index in [0.29, 0.717) is 0 Å². The molecular formula is C9H11F3N2O2. The number of carbonyl (C=O) groups is 1. The molecule has 1 N–H and O–H groups in total. The van der Waals surface area contributed by atoms with E-state index in [2.05, 4.69) is 14.9 Å². The zero-order valence-electron chi connectivity index (χ0n) is 8.60. The Balaban J connectivity index is 2.61. The average Bonchev–Trinajstić information content (AvgIpc) is 2.62. The first-order valence-electron chi connectivity index (χ1n) is 4.70. The van der Waals surface area contributed by atoms with Gasteiger partial charge in [-0.25, -0.2) is 0 Å². The lowest BCUT2D eigenvalue weighted by Crippen LogP contribution is -2.11. The summed E-state index contributed by atoms with van der Waals surface area (Å²) in [6.45, 7) is 1.85. The molecule has 0 saturated carbocycles. The van der Waals surface area contributed by atoms with Gasteiger partial charge in [0.25, 0.3) is 0 Å². The van der Waals surface area contributed by atoms with E-state index in [-0.39, 0.29) is 25.0 Å². The predicted octanol–water partition coefficient (Wildman–Crippen LogP) is 1.92. The first-order valence-corrected chi connectivity index (χ1v) is 4.70. The Morgan fingerprint density at radius 2 is 2.25 bits per heavy atom. The molecule has 1 aromatic heterocycles. The van der Waals surface area contributed by atoms with Gasteiger partial charge in [-0.3, -0.25) is 9.89 Å². The summed E-state index contributed by atoms with van der Waals surface area (Å²) in [5, 5.41) is 5.25. The molecule has 0 radical (unpaired) electrons. The number of halogens is 3. The van der Waals surface area contributed by atoms with Gasteiger partial charge in [0.05, 0.1) is 6.61 Å². The summed E-state index contributed by atoms with van der Waals surface area (Å²) in [5.74, 6) is -0.517. The Labute approximate surface area is 89.8 Å². The van der Waals surface area contributed by atoms with E-state index in [1.165, 1.54) is 0 Å². The van der Waals surface area contributed by atoms with Crippen molar-refractivity contribution in [3.63, 3.8) is 0 Å². The van der Waals surface area contributed by atoms with Crippen molar-refractivity contribution in [3.8, 4) is 0 Å². The molecule has 0 bridgehead atoms. The highest BCUT2D eigenvalue weighted by Crippen LogP contribution is 2.30. The van der Waals surface area contributed by atoms with Gasteiger partial charge < -0.3 is 4.74 Å². The molecule has 0 aliphatic carbocycles. The summed E-state index contributed by atoms with van der Waals surface area (Å²) < 4.78 is 41.7. The van der Waals surface area contributed by atoms with E-state index in [9.17, 15) is 18.0 Å². The van der Waals surface area contributed by atoms with Crippen molar-refractivity contribution in [1.29, 1.82) is 0 Å². The fourth-order valence-electron chi connectivity index (χ4n) is 1.22. The standard InChI is InChI=1S/C9H11F3N2O2/c1-2-16-7(15)4-3-6-5-13-14-8(6)9(10,11)12/h5H,2-4H2,1H3,(H,13,14). The highest BCUT2D eigenvalue weighted by atomic mass is 19.4. The van der Waals surface area contributed by atoms with Crippen LogP contribution in [-0.4, -0.2) is 22.8 Å². The minimum absolute atomic E-state index is 0.0273. The van der Waals surface area contributed by atoms with Gasteiger partial charge in [-0.15, -0.1) is 0 Å². The second-order valence-electron chi connectivity index (χ2n) is 3.06. The molecule has 90 valence electrons. The van der Waals surface area contributed by atoms with E-state index in [4.69, 9.17) is 0 Å². The van der Waals surface area contributed by atoms with Gasteiger partial charge in [0.2, 0.25) is 0 Å². The molecule has 7 heteroatoms. The fraction of sp³-hybridized carbons (Fsp3) is 0.556. The summed E-state index contributed by atoms with van der Waals surface area (Å²) in [7, 11) is 0. The SMILES string of the molecule is CCOC(=O)CCc1c[nH]nc1C(F)(F)F. The van der Waals surface area contributed by atoms with Crippen LogP contribution in [0.25, 0.3) is 0 Å². The minimum atomic E-state index is -4.50. The minimum Gasteiger partial charge on any atom is -0.466 e. The van der Waals surface area contributed by atoms with E-state index >= 15 is 0 Å². The van der Waals surface area contributed by atoms with Crippen LogP contribution >= 0.6 is 0 Å². The van der Waals surface area contributed by atoms with Crippen molar-refractivity contribution in [3.05, 3.63) is 17.5 Å². The predicted molar refractivity (Wildman–Crippen MR) is 48.5 cm³/mol. The Bertz CT molecular complexity index is 360. The molecule has 1 heterocycles. The van der Waals surface area contributed by atoms with Gasteiger partial charge >= 0.3 is 12.1 Å². The molecular weight excluding hydrogens is 225 g/mol. The largest absolute Gasteiger partial charge is 0.466 e. The Morgan fingerprint density at radius 3 is 2.81 bits per heavy atom. The van der Waals surface area contributed by atoms with Gasteiger partial charge in [0, 0.05) is 18.2 Å². The molecule has 1 aromatic rings. The summed E-state index contributed by atoms with van der Waals surface area (Å²) >= 11 is 0. The highest BCUT2D eigenvalue weighted by Gasteiger charge is 2.36. The topological polar surface area (TPSA) is 55.0 Å².